The van der Waals surface area contributed by atoms with Crippen LogP contribution in [0.5, 0.6) is 0 Å². The van der Waals surface area contributed by atoms with Crippen LogP contribution in [0.4, 0.5) is 5.69 Å². The average molecular weight is 323 g/mol. The van der Waals surface area contributed by atoms with Gasteiger partial charge in [0.2, 0.25) is 0 Å². The third-order valence-electron chi connectivity index (χ3n) is 3.18. The Labute approximate surface area is 144 Å². The van der Waals surface area contributed by atoms with Crippen LogP contribution in [-0.2, 0) is 6.42 Å². The second-order valence-corrected chi connectivity index (χ2v) is 4.75. The Balaban J connectivity index is 0.000000405. The molecule has 0 aliphatic carbocycles. The highest BCUT2D eigenvalue weighted by Gasteiger charge is 2.00. The second-order valence-electron chi connectivity index (χ2n) is 4.75. The number of ketones is 1. The number of benzene rings is 2. The molecule has 0 unspecified atom stereocenters. The predicted molar refractivity (Wildman–Crippen MR) is 101 cm³/mol. The fraction of sp³-hybridized carbons (Fsp3) is 0.250. The SMILES string of the molecule is C=N.CCC(=O)c1ccc(NC)cc1.N#CCCc1ccccc1. The van der Waals surface area contributed by atoms with Crippen LogP contribution >= 0.6 is 0 Å². The molecule has 0 radical (unpaired) electrons. The zero-order chi connectivity index (χ0) is 18.2. The van der Waals surface area contributed by atoms with E-state index in [4.69, 9.17) is 10.7 Å². The lowest BCUT2D eigenvalue weighted by molar-refractivity contribution is 0.0988. The number of carbonyl (C=O) groups is 1. The summed E-state index contributed by atoms with van der Waals surface area (Å²) in [6.45, 7) is 4.37. The summed E-state index contributed by atoms with van der Waals surface area (Å²) in [4.78, 5) is 11.2. The lowest BCUT2D eigenvalue weighted by Gasteiger charge is -2.00. The van der Waals surface area contributed by atoms with Crippen LogP contribution in [0.2, 0.25) is 0 Å². The predicted octanol–water partition coefficient (Wildman–Crippen LogP) is 4.73. The number of hydrogen-bond acceptors (Lipinski definition) is 4. The Morgan fingerprint density at radius 3 is 2.17 bits per heavy atom. The number of nitrogens with one attached hydrogen (secondary N) is 2. The molecule has 2 rings (SSSR count). The van der Waals surface area contributed by atoms with E-state index in [1.54, 1.807) is 0 Å². The number of rotatable bonds is 5. The van der Waals surface area contributed by atoms with Gasteiger partial charge < -0.3 is 10.7 Å². The molecule has 0 aliphatic heterocycles. The van der Waals surface area contributed by atoms with Gasteiger partial charge in [0.05, 0.1) is 6.07 Å². The molecule has 2 aromatic carbocycles. The second kappa shape index (κ2) is 13.7. The van der Waals surface area contributed by atoms with E-state index in [1.807, 2.05) is 68.6 Å². The molecular weight excluding hydrogens is 298 g/mol. The van der Waals surface area contributed by atoms with Gasteiger partial charge in [-0.3, -0.25) is 4.79 Å². The number of nitrogens with zero attached hydrogens (tertiary/aromatic N) is 1. The molecule has 0 aromatic heterocycles. The van der Waals surface area contributed by atoms with Gasteiger partial charge >= 0.3 is 0 Å². The lowest BCUT2D eigenvalue weighted by Crippen LogP contribution is -1.96. The van der Waals surface area contributed by atoms with Gasteiger partial charge in [0.15, 0.2) is 5.78 Å². The summed E-state index contributed by atoms with van der Waals surface area (Å²) in [5.74, 6) is 0.192. The zero-order valence-corrected chi connectivity index (χ0v) is 14.4. The molecule has 2 aromatic rings. The zero-order valence-electron chi connectivity index (χ0n) is 14.4. The van der Waals surface area contributed by atoms with E-state index >= 15 is 0 Å². The van der Waals surface area contributed by atoms with Crippen LogP contribution in [-0.4, -0.2) is 19.5 Å². The fourth-order valence-electron chi connectivity index (χ4n) is 1.87. The first-order valence-corrected chi connectivity index (χ1v) is 7.78. The highest BCUT2D eigenvalue weighted by Crippen LogP contribution is 2.09. The maximum atomic E-state index is 11.2. The molecular formula is C20H25N3O. The van der Waals surface area contributed by atoms with Crippen LogP contribution in [0.25, 0.3) is 0 Å². The van der Waals surface area contributed by atoms with Gasteiger partial charge in [-0.25, -0.2) is 0 Å². The van der Waals surface area contributed by atoms with Crippen LogP contribution in [0.3, 0.4) is 0 Å². The van der Waals surface area contributed by atoms with E-state index in [1.165, 1.54) is 5.56 Å². The Bertz CT molecular complexity index is 616. The largest absolute Gasteiger partial charge is 0.388 e. The van der Waals surface area contributed by atoms with Crippen molar-refractivity contribution in [2.24, 2.45) is 0 Å². The van der Waals surface area contributed by atoms with E-state index in [0.717, 1.165) is 17.7 Å². The van der Waals surface area contributed by atoms with Gasteiger partial charge in [-0.15, -0.1) is 0 Å². The summed E-state index contributed by atoms with van der Waals surface area (Å²) in [6, 6.07) is 19.7. The van der Waals surface area contributed by atoms with Crippen LogP contribution in [0.1, 0.15) is 35.7 Å². The summed E-state index contributed by atoms with van der Waals surface area (Å²) < 4.78 is 0. The average Bonchev–Trinajstić information content (AvgIpc) is 2.68. The molecule has 126 valence electrons. The molecule has 0 atom stereocenters. The van der Waals surface area contributed by atoms with Gasteiger partial charge in [-0.1, -0.05) is 37.3 Å². The highest BCUT2D eigenvalue weighted by molar-refractivity contribution is 5.96. The Morgan fingerprint density at radius 2 is 1.71 bits per heavy atom. The number of hydrogen-bond donors (Lipinski definition) is 2. The van der Waals surface area contributed by atoms with E-state index in [-0.39, 0.29) is 5.78 Å². The quantitative estimate of drug-likeness (QED) is 0.617. The van der Waals surface area contributed by atoms with Crippen molar-refractivity contribution in [1.29, 1.82) is 10.7 Å². The Hall–Kier alpha value is -2.93. The molecule has 0 amide bonds. The molecule has 0 fully saturated rings. The molecule has 4 nitrogen and oxygen atoms in total. The number of Topliss-reactive ketones (excluding diaryl/α,β-unsaturated/α-hetero) is 1. The molecule has 24 heavy (non-hydrogen) atoms. The summed E-state index contributed by atoms with van der Waals surface area (Å²) in [6.07, 6.45) is 2.06. The maximum Gasteiger partial charge on any atom is 0.162 e. The monoisotopic (exact) mass is 323 g/mol. The number of carbonyl (C=O) groups excluding carboxylic acids is 1. The minimum Gasteiger partial charge on any atom is -0.388 e. The number of anilines is 1. The van der Waals surface area contributed by atoms with Crippen molar-refractivity contribution in [3.8, 4) is 6.07 Å². The molecule has 0 spiro atoms. The number of aryl methyl sites for hydroxylation is 1. The van der Waals surface area contributed by atoms with Crippen LogP contribution in [0.15, 0.2) is 54.6 Å². The molecule has 0 heterocycles. The van der Waals surface area contributed by atoms with Crippen LogP contribution in [0, 0.1) is 16.7 Å². The van der Waals surface area contributed by atoms with Crippen molar-refractivity contribution in [3.05, 3.63) is 65.7 Å². The van der Waals surface area contributed by atoms with Gasteiger partial charge in [-0.2, -0.15) is 5.26 Å². The summed E-state index contributed by atoms with van der Waals surface area (Å²) in [5, 5.41) is 16.8. The first-order chi connectivity index (χ1) is 11.7. The van der Waals surface area contributed by atoms with Crippen molar-refractivity contribution >= 4 is 18.2 Å². The Morgan fingerprint density at radius 1 is 1.12 bits per heavy atom. The Kier molecular flexibility index (Phi) is 12.0. The standard InChI is InChI=1S/C10H13NO.C9H9N.CH3N/c1-3-10(12)8-4-6-9(11-2)7-5-8;10-8-4-7-9-5-2-1-3-6-9;1-2/h4-7,11H,3H2,1-2H3;1-3,5-6H,4,7H2;2H,1H2. The van der Waals surface area contributed by atoms with Crippen molar-refractivity contribution in [2.75, 3.05) is 12.4 Å². The molecule has 0 bridgehead atoms. The van der Waals surface area contributed by atoms with Gasteiger partial charge in [0, 0.05) is 31.1 Å². The van der Waals surface area contributed by atoms with Crippen molar-refractivity contribution in [1.82, 2.24) is 0 Å². The van der Waals surface area contributed by atoms with E-state index in [9.17, 15) is 4.79 Å². The van der Waals surface area contributed by atoms with Gasteiger partial charge in [0.1, 0.15) is 0 Å². The van der Waals surface area contributed by atoms with Crippen molar-refractivity contribution < 1.29 is 4.79 Å². The van der Waals surface area contributed by atoms with Crippen LogP contribution < -0.4 is 5.32 Å². The molecule has 2 N–H and O–H groups in total. The van der Waals surface area contributed by atoms with E-state index in [0.29, 0.717) is 12.8 Å². The topological polar surface area (TPSA) is 76.7 Å². The number of nitriles is 1. The van der Waals surface area contributed by atoms with Crippen molar-refractivity contribution in [3.63, 3.8) is 0 Å². The fourth-order valence-corrected chi connectivity index (χ4v) is 1.87. The smallest absolute Gasteiger partial charge is 0.162 e. The minimum absolute atomic E-state index is 0.192. The molecule has 0 aliphatic rings. The summed E-state index contributed by atoms with van der Waals surface area (Å²) >= 11 is 0. The van der Waals surface area contributed by atoms with Gasteiger partial charge in [-0.05, 0) is 43.0 Å². The first kappa shape index (κ1) is 21.1. The molecule has 0 saturated carbocycles. The lowest BCUT2D eigenvalue weighted by atomic mass is 10.1. The summed E-state index contributed by atoms with van der Waals surface area (Å²) in [7, 11) is 1.86. The molecule has 0 saturated heterocycles. The highest BCUT2D eigenvalue weighted by atomic mass is 16.1. The third kappa shape index (κ3) is 8.50. The first-order valence-electron chi connectivity index (χ1n) is 7.78. The normalized spacial score (nSPS) is 8.54. The van der Waals surface area contributed by atoms with E-state index in [2.05, 4.69) is 18.1 Å². The summed E-state index contributed by atoms with van der Waals surface area (Å²) in [5.41, 5.74) is 3.06. The maximum absolute atomic E-state index is 11.2. The van der Waals surface area contributed by atoms with Gasteiger partial charge in [0.25, 0.3) is 0 Å². The van der Waals surface area contributed by atoms with Crippen molar-refractivity contribution in [2.45, 2.75) is 26.2 Å². The van der Waals surface area contributed by atoms with E-state index < -0.39 is 0 Å². The molecule has 4 heteroatoms. The third-order valence-corrected chi connectivity index (χ3v) is 3.18. The minimum atomic E-state index is 0.192.